The summed E-state index contributed by atoms with van der Waals surface area (Å²) in [7, 11) is 4.81. The minimum atomic E-state index is -1.82. The zero-order chi connectivity index (χ0) is 24.4. The van der Waals surface area contributed by atoms with Gasteiger partial charge in [-0.1, -0.05) is 18.2 Å². The fraction of sp³-hybridized carbons (Fsp3) is 0.348. The highest BCUT2D eigenvalue weighted by Crippen LogP contribution is 2.31. The molecule has 3 rings (SSSR count). The number of nitrogens with zero attached hydrogens (tertiary/aromatic N) is 2. The summed E-state index contributed by atoms with van der Waals surface area (Å²) in [5.74, 6) is -1.74. The second kappa shape index (κ2) is 12.3. The van der Waals surface area contributed by atoms with Crippen LogP contribution in [0, 0.1) is 0 Å². The second-order valence-corrected chi connectivity index (χ2v) is 7.07. The van der Waals surface area contributed by atoms with Gasteiger partial charge in [-0.3, -0.25) is 9.69 Å². The maximum atomic E-state index is 13.0. The highest BCUT2D eigenvalue weighted by atomic mass is 16.5. The SMILES string of the molecule is COc1cccc(CN2CCN(C(=O)c3cccc(OC)c3OC)CC2)c1.O=C(O)C(=O)O. The van der Waals surface area contributed by atoms with Crippen LogP contribution in [0.1, 0.15) is 15.9 Å². The van der Waals surface area contributed by atoms with Gasteiger partial charge in [0.2, 0.25) is 0 Å². The van der Waals surface area contributed by atoms with Crippen LogP contribution in [0.15, 0.2) is 42.5 Å². The molecule has 1 aliphatic heterocycles. The summed E-state index contributed by atoms with van der Waals surface area (Å²) in [5, 5.41) is 14.8. The minimum Gasteiger partial charge on any atom is -0.497 e. The number of carboxylic acid groups (broad SMARTS) is 2. The lowest BCUT2D eigenvalue weighted by Gasteiger charge is -2.35. The van der Waals surface area contributed by atoms with E-state index >= 15 is 0 Å². The van der Waals surface area contributed by atoms with Crippen LogP contribution in [0.2, 0.25) is 0 Å². The van der Waals surface area contributed by atoms with E-state index < -0.39 is 11.9 Å². The van der Waals surface area contributed by atoms with Crippen molar-refractivity contribution in [2.24, 2.45) is 0 Å². The fourth-order valence-electron chi connectivity index (χ4n) is 3.36. The molecule has 10 heteroatoms. The number of aliphatic carboxylic acids is 2. The molecule has 178 valence electrons. The maximum Gasteiger partial charge on any atom is 0.414 e. The lowest BCUT2D eigenvalue weighted by molar-refractivity contribution is -0.159. The average molecular weight is 460 g/mol. The van der Waals surface area contributed by atoms with Gasteiger partial charge in [-0.05, 0) is 29.8 Å². The van der Waals surface area contributed by atoms with E-state index in [4.69, 9.17) is 34.0 Å². The number of para-hydroxylation sites is 1. The van der Waals surface area contributed by atoms with E-state index in [2.05, 4.69) is 17.0 Å². The van der Waals surface area contributed by atoms with Crippen LogP contribution in [-0.4, -0.2) is 85.4 Å². The maximum absolute atomic E-state index is 13.0. The Balaban J connectivity index is 0.000000569. The Hall–Kier alpha value is -3.79. The Bertz CT molecular complexity index is 959. The molecule has 0 bridgehead atoms. The number of methoxy groups -OCH3 is 3. The number of piperazine rings is 1. The summed E-state index contributed by atoms with van der Waals surface area (Å²) in [6.07, 6.45) is 0. The number of benzene rings is 2. The zero-order valence-corrected chi connectivity index (χ0v) is 18.8. The summed E-state index contributed by atoms with van der Waals surface area (Å²) < 4.78 is 16.0. The molecule has 0 radical (unpaired) electrons. The van der Waals surface area contributed by atoms with Crippen LogP contribution in [0.4, 0.5) is 0 Å². The quantitative estimate of drug-likeness (QED) is 0.621. The van der Waals surface area contributed by atoms with Crippen molar-refractivity contribution in [2.45, 2.75) is 6.54 Å². The molecule has 1 heterocycles. The Kier molecular flexibility index (Phi) is 9.49. The minimum absolute atomic E-state index is 0.0215. The average Bonchev–Trinajstić information content (AvgIpc) is 2.83. The number of carbonyl (C=O) groups excluding carboxylic acids is 1. The van der Waals surface area contributed by atoms with E-state index in [9.17, 15) is 4.79 Å². The van der Waals surface area contributed by atoms with E-state index in [1.165, 1.54) is 5.56 Å². The zero-order valence-electron chi connectivity index (χ0n) is 18.8. The van der Waals surface area contributed by atoms with Crippen molar-refractivity contribution in [2.75, 3.05) is 47.5 Å². The number of amides is 1. The first-order chi connectivity index (χ1) is 15.8. The summed E-state index contributed by atoms with van der Waals surface area (Å²) in [6, 6.07) is 13.5. The van der Waals surface area contributed by atoms with Crippen molar-refractivity contribution in [3.63, 3.8) is 0 Å². The predicted octanol–water partition coefficient (Wildman–Crippen LogP) is 1.83. The number of hydrogen-bond acceptors (Lipinski definition) is 7. The second-order valence-electron chi connectivity index (χ2n) is 7.07. The molecule has 0 atom stereocenters. The highest BCUT2D eigenvalue weighted by molar-refractivity contribution is 6.27. The molecular formula is C23H28N2O8. The smallest absolute Gasteiger partial charge is 0.414 e. The molecule has 10 nitrogen and oxygen atoms in total. The molecule has 0 saturated carbocycles. The summed E-state index contributed by atoms with van der Waals surface area (Å²) in [4.78, 5) is 35.4. The molecule has 1 fully saturated rings. The van der Waals surface area contributed by atoms with Gasteiger partial charge in [0.1, 0.15) is 5.75 Å². The first kappa shape index (κ1) is 25.5. The largest absolute Gasteiger partial charge is 0.497 e. The van der Waals surface area contributed by atoms with Gasteiger partial charge in [0.25, 0.3) is 5.91 Å². The van der Waals surface area contributed by atoms with Gasteiger partial charge < -0.3 is 29.3 Å². The van der Waals surface area contributed by atoms with Crippen molar-refractivity contribution in [3.8, 4) is 17.2 Å². The Morgan fingerprint density at radius 2 is 1.48 bits per heavy atom. The molecule has 2 aromatic rings. The lowest BCUT2D eigenvalue weighted by atomic mass is 10.1. The van der Waals surface area contributed by atoms with E-state index in [1.807, 2.05) is 23.1 Å². The standard InChI is InChI=1S/C21H26N2O4.C2H2O4/c1-25-17-7-4-6-16(14-17)15-22-10-12-23(13-11-22)21(24)18-8-5-9-19(26-2)20(18)27-3;3-1(4)2(5)6/h4-9,14H,10-13,15H2,1-3H3;(H,3,4)(H,5,6). The van der Waals surface area contributed by atoms with Gasteiger partial charge in [0, 0.05) is 32.7 Å². The molecule has 0 spiro atoms. The summed E-state index contributed by atoms with van der Waals surface area (Å²) in [5.41, 5.74) is 1.75. The fourth-order valence-corrected chi connectivity index (χ4v) is 3.36. The van der Waals surface area contributed by atoms with Crippen molar-refractivity contribution >= 4 is 17.8 Å². The van der Waals surface area contributed by atoms with E-state index in [0.29, 0.717) is 30.2 Å². The van der Waals surface area contributed by atoms with Gasteiger partial charge in [0.15, 0.2) is 11.5 Å². The van der Waals surface area contributed by atoms with Gasteiger partial charge in [-0.15, -0.1) is 0 Å². The van der Waals surface area contributed by atoms with E-state index in [0.717, 1.165) is 25.4 Å². The van der Waals surface area contributed by atoms with Gasteiger partial charge in [-0.25, -0.2) is 9.59 Å². The van der Waals surface area contributed by atoms with Crippen LogP contribution in [0.3, 0.4) is 0 Å². The molecule has 1 aliphatic rings. The number of ether oxygens (including phenoxy) is 3. The molecule has 0 aromatic heterocycles. The lowest BCUT2D eigenvalue weighted by Crippen LogP contribution is -2.48. The van der Waals surface area contributed by atoms with Crippen LogP contribution < -0.4 is 14.2 Å². The molecule has 0 unspecified atom stereocenters. The van der Waals surface area contributed by atoms with Crippen molar-refractivity contribution < 1.29 is 38.8 Å². The van der Waals surface area contributed by atoms with Crippen LogP contribution in [0.5, 0.6) is 17.2 Å². The first-order valence-electron chi connectivity index (χ1n) is 10.1. The van der Waals surface area contributed by atoms with Crippen molar-refractivity contribution in [1.29, 1.82) is 0 Å². The molecule has 2 N–H and O–H groups in total. The number of carboxylic acids is 2. The molecular weight excluding hydrogens is 432 g/mol. The van der Waals surface area contributed by atoms with Crippen LogP contribution in [-0.2, 0) is 16.1 Å². The van der Waals surface area contributed by atoms with Crippen LogP contribution in [0.25, 0.3) is 0 Å². The van der Waals surface area contributed by atoms with Gasteiger partial charge >= 0.3 is 11.9 Å². The van der Waals surface area contributed by atoms with Gasteiger partial charge in [-0.2, -0.15) is 0 Å². The Labute approximate surface area is 191 Å². The third-order valence-corrected chi connectivity index (χ3v) is 5.02. The first-order valence-corrected chi connectivity index (χ1v) is 10.1. The summed E-state index contributed by atoms with van der Waals surface area (Å²) >= 11 is 0. The molecule has 33 heavy (non-hydrogen) atoms. The third kappa shape index (κ3) is 7.11. The Morgan fingerprint density at radius 1 is 0.848 bits per heavy atom. The molecule has 1 saturated heterocycles. The number of hydrogen-bond donors (Lipinski definition) is 2. The van der Waals surface area contributed by atoms with Crippen molar-refractivity contribution in [1.82, 2.24) is 9.80 Å². The van der Waals surface area contributed by atoms with E-state index in [1.54, 1.807) is 33.5 Å². The van der Waals surface area contributed by atoms with E-state index in [-0.39, 0.29) is 5.91 Å². The highest BCUT2D eigenvalue weighted by Gasteiger charge is 2.25. The van der Waals surface area contributed by atoms with Crippen LogP contribution >= 0.6 is 0 Å². The monoisotopic (exact) mass is 460 g/mol. The predicted molar refractivity (Wildman–Crippen MR) is 119 cm³/mol. The number of carbonyl (C=O) groups is 3. The molecule has 2 aromatic carbocycles. The van der Waals surface area contributed by atoms with Crippen molar-refractivity contribution in [3.05, 3.63) is 53.6 Å². The number of rotatable bonds is 6. The Morgan fingerprint density at radius 3 is 2.03 bits per heavy atom. The summed E-state index contributed by atoms with van der Waals surface area (Å²) in [6.45, 7) is 3.87. The third-order valence-electron chi connectivity index (χ3n) is 5.02. The molecule has 0 aliphatic carbocycles. The topological polar surface area (TPSA) is 126 Å². The van der Waals surface area contributed by atoms with Gasteiger partial charge in [0.05, 0.1) is 26.9 Å². The normalized spacial score (nSPS) is 13.4. The molecule has 1 amide bonds.